The molecule has 0 spiro atoms. The fourth-order valence-electron chi connectivity index (χ4n) is 4.06. The van der Waals surface area contributed by atoms with Crippen LogP contribution in [0.3, 0.4) is 0 Å². The molecule has 178 valence electrons. The number of halogens is 3. The first kappa shape index (κ1) is 24.7. The maximum absolute atomic E-state index is 14.2. The van der Waals surface area contributed by atoms with Gasteiger partial charge in [0.05, 0.1) is 13.2 Å². The Morgan fingerprint density at radius 2 is 1.62 bits per heavy atom. The molecule has 4 aromatic rings. The molecular formula is C26H24F3O3PS. The van der Waals surface area contributed by atoms with Crippen molar-refractivity contribution in [1.82, 2.24) is 0 Å². The maximum atomic E-state index is 14.2. The van der Waals surface area contributed by atoms with Crippen molar-refractivity contribution in [2.24, 2.45) is 0 Å². The number of hydrogen-bond acceptors (Lipinski definition) is 4. The number of benzene rings is 3. The third-order valence-electron chi connectivity index (χ3n) is 5.45. The lowest BCUT2D eigenvalue weighted by Gasteiger charge is -2.27. The second-order valence-corrected chi connectivity index (χ2v) is 11.0. The Balaban J connectivity index is 1.97. The van der Waals surface area contributed by atoms with E-state index in [0.717, 1.165) is 27.8 Å². The molecule has 0 fully saturated rings. The van der Waals surface area contributed by atoms with Crippen LogP contribution in [0.4, 0.5) is 13.2 Å². The van der Waals surface area contributed by atoms with E-state index in [4.69, 9.17) is 9.05 Å². The summed E-state index contributed by atoms with van der Waals surface area (Å²) in [5.41, 5.74) is 0.994. The summed E-state index contributed by atoms with van der Waals surface area (Å²) < 4.78 is 68.3. The Bertz CT molecular complexity index is 1340. The van der Waals surface area contributed by atoms with Crippen LogP contribution in [0, 0.1) is 17.5 Å². The standard InChI is InChI=1S/C26H24F3O3PS/c1-3-31-33(30,32-4-2)23(15-17-12-13-21(28)22(29)14-17)26-25(18-8-7-9-19(27)16-18)20-10-5-6-11-24(20)34-26/h5-14,16,23H,3-4,15H2,1-2H3. The Hall–Kier alpha value is -2.44. The molecule has 1 aromatic heterocycles. The van der Waals surface area contributed by atoms with Crippen LogP contribution in [-0.4, -0.2) is 13.2 Å². The minimum atomic E-state index is -3.76. The van der Waals surface area contributed by atoms with Crippen molar-refractivity contribution in [1.29, 1.82) is 0 Å². The van der Waals surface area contributed by atoms with E-state index in [1.807, 2.05) is 24.3 Å². The molecule has 0 N–H and O–H groups in total. The molecular weight excluding hydrogens is 480 g/mol. The zero-order valence-corrected chi connectivity index (χ0v) is 20.5. The number of thiophene rings is 1. The summed E-state index contributed by atoms with van der Waals surface area (Å²) in [4.78, 5) is 0.682. The molecule has 34 heavy (non-hydrogen) atoms. The van der Waals surface area contributed by atoms with Crippen LogP contribution in [0.25, 0.3) is 21.2 Å². The summed E-state index contributed by atoms with van der Waals surface area (Å²) in [6.45, 7) is 3.73. The molecule has 1 heterocycles. The topological polar surface area (TPSA) is 35.5 Å². The summed E-state index contributed by atoms with van der Waals surface area (Å²) in [6.07, 6.45) is 0.0869. The Labute approximate surface area is 200 Å². The van der Waals surface area contributed by atoms with Gasteiger partial charge in [0.1, 0.15) is 11.5 Å². The molecule has 1 atom stereocenters. The molecule has 0 radical (unpaired) electrons. The van der Waals surface area contributed by atoms with Gasteiger partial charge in [0.2, 0.25) is 0 Å². The zero-order chi connectivity index (χ0) is 24.3. The van der Waals surface area contributed by atoms with Gasteiger partial charge < -0.3 is 9.05 Å². The van der Waals surface area contributed by atoms with Crippen LogP contribution in [-0.2, 0) is 20.0 Å². The fraction of sp³-hybridized carbons (Fsp3) is 0.231. The Kier molecular flexibility index (Phi) is 7.58. The van der Waals surface area contributed by atoms with E-state index >= 15 is 0 Å². The monoisotopic (exact) mass is 504 g/mol. The van der Waals surface area contributed by atoms with Crippen molar-refractivity contribution >= 4 is 29.0 Å². The molecule has 0 aliphatic carbocycles. The van der Waals surface area contributed by atoms with Gasteiger partial charge in [0.15, 0.2) is 11.6 Å². The lowest BCUT2D eigenvalue weighted by Crippen LogP contribution is -2.10. The number of fused-ring (bicyclic) bond motifs is 1. The van der Waals surface area contributed by atoms with Gasteiger partial charge in [-0.15, -0.1) is 11.3 Å². The molecule has 4 rings (SSSR count). The minimum Gasteiger partial charge on any atom is -0.308 e. The van der Waals surface area contributed by atoms with Gasteiger partial charge in [-0.3, -0.25) is 4.57 Å². The highest BCUT2D eigenvalue weighted by molar-refractivity contribution is 7.54. The van der Waals surface area contributed by atoms with Crippen molar-refractivity contribution in [3.05, 3.63) is 94.6 Å². The molecule has 0 aliphatic rings. The predicted octanol–water partition coefficient (Wildman–Crippen LogP) is 8.54. The van der Waals surface area contributed by atoms with Crippen LogP contribution < -0.4 is 0 Å². The summed E-state index contributed by atoms with van der Waals surface area (Å²) in [5, 5.41) is 0.878. The molecule has 0 bridgehead atoms. The maximum Gasteiger partial charge on any atom is 0.339 e. The lowest BCUT2D eigenvalue weighted by molar-refractivity contribution is 0.212. The SMILES string of the molecule is CCOP(=O)(OCC)C(Cc1ccc(F)c(F)c1)c1sc2ccccc2c1-c1cccc(F)c1. The van der Waals surface area contributed by atoms with Crippen molar-refractivity contribution in [3.63, 3.8) is 0 Å². The fourth-order valence-corrected chi connectivity index (χ4v) is 7.82. The first-order valence-electron chi connectivity index (χ1n) is 11.0. The molecule has 3 nitrogen and oxygen atoms in total. The van der Waals surface area contributed by atoms with Gasteiger partial charge in [-0.2, -0.15) is 0 Å². The second kappa shape index (κ2) is 10.4. The van der Waals surface area contributed by atoms with Crippen LogP contribution >= 0.6 is 18.9 Å². The number of rotatable bonds is 9. The van der Waals surface area contributed by atoms with Gasteiger partial charge in [-0.05, 0) is 61.7 Å². The molecule has 3 aromatic carbocycles. The highest BCUT2D eigenvalue weighted by Crippen LogP contribution is 2.65. The average molecular weight is 505 g/mol. The van der Waals surface area contributed by atoms with Crippen molar-refractivity contribution in [2.45, 2.75) is 25.9 Å². The second-order valence-electron chi connectivity index (χ2n) is 7.69. The largest absolute Gasteiger partial charge is 0.339 e. The summed E-state index contributed by atoms with van der Waals surface area (Å²) in [7, 11) is -3.76. The quantitative estimate of drug-likeness (QED) is 0.214. The van der Waals surface area contributed by atoms with Crippen LogP contribution in [0.5, 0.6) is 0 Å². The van der Waals surface area contributed by atoms with E-state index in [1.165, 1.54) is 29.5 Å². The smallest absolute Gasteiger partial charge is 0.308 e. The van der Waals surface area contributed by atoms with Crippen molar-refractivity contribution in [3.8, 4) is 11.1 Å². The molecule has 0 amide bonds. The normalized spacial score (nSPS) is 12.9. The van der Waals surface area contributed by atoms with Gasteiger partial charge in [0, 0.05) is 20.5 Å². The van der Waals surface area contributed by atoms with Crippen molar-refractivity contribution < 1.29 is 26.8 Å². The highest BCUT2D eigenvalue weighted by atomic mass is 32.1. The third-order valence-corrected chi connectivity index (χ3v) is 9.35. The molecule has 8 heteroatoms. The van der Waals surface area contributed by atoms with Crippen LogP contribution in [0.15, 0.2) is 66.7 Å². The average Bonchev–Trinajstić information content (AvgIpc) is 3.19. The summed E-state index contributed by atoms with van der Waals surface area (Å²) >= 11 is 1.42. The third kappa shape index (κ3) is 4.98. The van der Waals surface area contributed by atoms with Gasteiger partial charge in [-0.25, -0.2) is 13.2 Å². The van der Waals surface area contributed by atoms with Gasteiger partial charge in [-0.1, -0.05) is 36.4 Å². The van der Waals surface area contributed by atoms with E-state index in [-0.39, 0.29) is 19.6 Å². The minimum absolute atomic E-state index is 0.0869. The number of hydrogen-bond donors (Lipinski definition) is 0. The lowest BCUT2D eigenvalue weighted by atomic mass is 9.98. The molecule has 1 unspecified atom stereocenters. The molecule has 0 aliphatic heterocycles. The van der Waals surface area contributed by atoms with E-state index in [9.17, 15) is 17.7 Å². The zero-order valence-electron chi connectivity index (χ0n) is 18.8. The van der Waals surface area contributed by atoms with Gasteiger partial charge in [0.25, 0.3) is 0 Å². The van der Waals surface area contributed by atoms with E-state index < -0.39 is 30.7 Å². The summed E-state index contributed by atoms with van der Waals surface area (Å²) in [5.74, 6) is -2.34. The van der Waals surface area contributed by atoms with E-state index in [0.29, 0.717) is 16.0 Å². The predicted molar refractivity (Wildman–Crippen MR) is 131 cm³/mol. The van der Waals surface area contributed by atoms with E-state index in [1.54, 1.807) is 26.0 Å². The first-order chi connectivity index (χ1) is 16.4. The Morgan fingerprint density at radius 3 is 2.29 bits per heavy atom. The summed E-state index contributed by atoms with van der Waals surface area (Å²) in [6, 6.07) is 17.5. The Morgan fingerprint density at radius 1 is 0.882 bits per heavy atom. The van der Waals surface area contributed by atoms with Crippen molar-refractivity contribution in [2.75, 3.05) is 13.2 Å². The highest BCUT2D eigenvalue weighted by Gasteiger charge is 2.40. The van der Waals surface area contributed by atoms with Gasteiger partial charge >= 0.3 is 7.60 Å². The molecule has 0 saturated carbocycles. The van der Waals surface area contributed by atoms with E-state index in [2.05, 4.69) is 0 Å². The van der Waals surface area contributed by atoms with Crippen LogP contribution in [0.1, 0.15) is 29.9 Å². The van der Waals surface area contributed by atoms with Crippen LogP contribution in [0.2, 0.25) is 0 Å². The molecule has 0 saturated heterocycles. The first-order valence-corrected chi connectivity index (χ1v) is 13.4.